The summed E-state index contributed by atoms with van der Waals surface area (Å²) < 4.78 is 5.04. The third kappa shape index (κ3) is 2.85. The zero-order chi connectivity index (χ0) is 13.1. The van der Waals surface area contributed by atoms with Crippen molar-refractivity contribution in [3.05, 3.63) is 23.3 Å². The fraction of sp³-hybridized carbons (Fsp3) is 0.688. The van der Waals surface area contributed by atoms with E-state index >= 15 is 0 Å². The highest BCUT2D eigenvalue weighted by atomic mass is 16.5. The summed E-state index contributed by atoms with van der Waals surface area (Å²) in [7, 11) is 0. The highest BCUT2D eigenvalue weighted by Gasteiger charge is 2.34. The predicted octanol–water partition coefficient (Wildman–Crippen LogP) is 3.88. The molecule has 0 spiro atoms. The lowest BCUT2D eigenvalue weighted by atomic mass is 9.65. The number of carbonyl (C=O) groups is 1. The Morgan fingerprint density at radius 1 is 1.44 bits per heavy atom. The molecule has 2 aliphatic rings. The molecule has 3 atom stereocenters. The molecule has 0 aliphatic heterocycles. The van der Waals surface area contributed by atoms with Crippen molar-refractivity contribution in [1.29, 1.82) is 0 Å². The van der Waals surface area contributed by atoms with Crippen LogP contribution in [0.1, 0.15) is 46.5 Å². The molecule has 0 amide bonds. The van der Waals surface area contributed by atoms with Crippen molar-refractivity contribution in [3.63, 3.8) is 0 Å². The van der Waals surface area contributed by atoms with Gasteiger partial charge in [-0.3, -0.25) is 0 Å². The summed E-state index contributed by atoms with van der Waals surface area (Å²) in [6.45, 7) is 6.87. The van der Waals surface area contributed by atoms with Gasteiger partial charge in [0.2, 0.25) is 0 Å². The van der Waals surface area contributed by atoms with Crippen molar-refractivity contribution in [1.82, 2.24) is 0 Å². The van der Waals surface area contributed by atoms with Gasteiger partial charge in [0.15, 0.2) is 0 Å². The van der Waals surface area contributed by atoms with Crippen LogP contribution in [0.25, 0.3) is 0 Å². The maximum absolute atomic E-state index is 11.6. The Hall–Kier alpha value is -1.05. The van der Waals surface area contributed by atoms with E-state index in [1.54, 1.807) is 6.08 Å². The molecule has 2 nitrogen and oxygen atoms in total. The van der Waals surface area contributed by atoms with Crippen molar-refractivity contribution in [3.8, 4) is 0 Å². The van der Waals surface area contributed by atoms with E-state index in [0.29, 0.717) is 12.5 Å². The Balaban J connectivity index is 2.20. The second kappa shape index (κ2) is 5.73. The van der Waals surface area contributed by atoms with Gasteiger partial charge < -0.3 is 4.74 Å². The molecule has 0 aromatic heterocycles. The van der Waals surface area contributed by atoms with Crippen LogP contribution < -0.4 is 0 Å². The van der Waals surface area contributed by atoms with Crippen molar-refractivity contribution in [2.75, 3.05) is 6.61 Å². The van der Waals surface area contributed by atoms with Crippen LogP contribution in [0.2, 0.25) is 0 Å². The molecule has 0 heterocycles. The lowest BCUT2D eigenvalue weighted by Gasteiger charge is -2.40. The largest absolute Gasteiger partial charge is 0.463 e. The van der Waals surface area contributed by atoms with Gasteiger partial charge in [-0.2, -0.15) is 0 Å². The van der Waals surface area contributed by atoms with Gasteiger partial charge >= 0.3 is 5.97 Å². The summed E-state index contributed by atoms with van der Waals surface area (Å²) in [5.74, 6) is 1.81. The fourth-order valence-electron chi connectivity index (χ4n) is 3.39. The van der Waals surface area contributed by atoms with Gasteiger partial charge in [-0.1, -0.05) is 24.1 Å². The van der Waals surface area contributed by atoms with Gasteiger partial charge in [0.1, 0.15) is 0 Å². The molecule has 18 heavy (non-hydrogen) atoms. The second-order valence-electron chi connectivity index (χ2n) is 5.73. The number of allylic oxidation sites excluding steroid dienone is 3. The molecule has 0 saturated heterocycles. The summed E-state index contributed by atoms with van der Waals surface area (Å²) >= 11 is 0. The molecule has 0 radical (unpaired) electrons. The molecule has 0 aromatic rings. The van der Waals surface area contributed by atoms with Gasteiger partial charge in [0.05, 0.1) is 6.61 Å². The van der Waals surface area contributed by atoms with Gasteiger partial charge in [-0.15, -0.1) is 0 Å². The van der Waals surface area contributed by atoms with E-state index in [4.69, 9.17) is 4.74 Å². The molecule has 100 valence electrons. The third-order valence-electron chi connectivity index (χ3n) is 4.43. The highest BCUT2D eigenvalue weighted by Crippen LogP contribution is 2.45. The molecular weight excluding hydrogens is 224 g/mol. The first-order valence-corrected chi connectivity index (χ1v) is 7.16. The Kier molecular flexibility index (Phi) is 4.26. The van der Waals surface area contributed by atoms with E-state index in [9.17, 15) is 4.79 Å². The molecule has 0 N–H and O–H groups in total. The smallest absolute Gasteiger partial charge is 0.330 e. The van der Waals surface area contributed by atoms with Gasteiger partial charge in [0, 0.05) is 12.0 Å². The first-order chi connectivity index (χ1) is 8.61. The predicted molar refractivity (Wildman–Crippen MR) is 73.1 cm³/mol. The van der Waals surface area contributed by atoms with Crippen LogP contribution in [0.5, 0.6) is 0 Å². The molecule has 2 aliphatic carbocycles. The standard InChI is InChI=1S/C16H24O2/c1-4-18-16(17)10-13-7-6-12(3)14-8-5-11(2)9-15(13)14/h9-10,12,14-15H,4-8H2,1-3H3/b13-10+/t12-,14+,15-/m0/s1. The lowest BCUT2D eigenvalue weighted by Crippen LogP contribution is -2.30. The van der Waals surface area contributed by atoms with E-state index in [-0.39, 0.29) is 5.97 Å². The molecule has 2 heteroatoms. The zero-order valence-corrected chi connectivity index (χ0v) is 11.7. The molecule has 1 saturated carbocycles. The van der Waals surface area contributed by atoms with Crippen LogP contribution in [0.3, 0.4) is 0 Å². The van der Waals surface area contributed by atoms with Crippen molar-refractivity contribution < 1.29 is 9.53 Å². The van der Waals surface area contributed by atoms with Crippen LogP contribution in [0.4, 0.5) is 0 Å². The number of hydrogen-bond acceptors (Lipinski definition) is 2. The average Bonchev–Trinajstić information content (AvgIpc) is 2.33. The third-order valence-corrected chi connectivity index (χ3v) is 4.43. The molecule has 0 bridgehead atoms. The average molecular weight is 248 g/mol. The van der Waals surface area contributed by atoms with Crippen LogP contribution in [0.15, 0.2) is 23.3 Å². The van der Waals surface area contributed by atoms with E-state index in [1.165, 1.54) is 30.4 Å². The van der Waals surface area contributed by atoms with Crippen LogP contribution >= 0.6 is 0 Å². The van der Waals surface area contributed by atoms with E-state index < -0.39 is 0 Å². The van der Waals surface area contributed by atoms with Crippen LogP contribution in [0, 0.1) is 17.8 Å². The van der Waals surface area contributed by atoms with E-state index in [1.807, 2.05) is 6.92 Å². The number of ether oxygens (including phenoxy) is 1. The minimum absolute atomic E-state index is 0.169. The minimum Gasteiger partial charge on any atom is -0.463 e. The Morgan fingerprint density at radius 2 is 2.22 bits per heavy atom. The highest BCUT2D eigenvalue weighted by molar-refractivity contribution is 5.83. The van der Waals surface area contributed by atoms with Crippen molar-refractivity contribution >= 4 is 5.97 Å². The summed E-state index contributed by atoms with van der Waals surface area (Å²) in [6.07, 6.45) is 8.88. The first kappa shape index (κ1) is 13.4. The monoisotopic (exact) mass is 248 g/mol. The Labute approximate surface area is 110 Å². The molecule has 0 aromatic carbocycles. The lowest BCUT2D eigenvalue weighted by molar-refractivity contribution is -0.137. The van der Waals surface area contributed by atoms with Crippen molar-refractivity contribution in [2.24, 2.45) is 17.8 Å². The van der Waals surface area contributed by atoms with E-state index in [0.717, 1.165) is 18.3 Å². The van der Waals surface area contributed by atoms with E-state index in [2.05, 4.69) is 19.9 Å². The maximum atomic E-state index is 11.6. The molecule has 1 fully saturated rings. The summed E-state index contributed by atoms with van der Waals surface area (Å²) in [5.41, 5.74) is 2.76. The molecular formula is C16H24O2. The number of rotatable bonds is 2. The van der Waals surface area contributed by atoms with Crippen LogP contribution in [-0.4, -0.2) is 12.6 Å². The quantitative estimate of drug-likeness (QED) is 0.421. The summed E-state index contributed by atoms with van der Waals surface area (Å²) in [5, 5.41) is 0. The number of hydrogen-bond donors (Lipinski definition) is 0. The second-order valence-corrected chi connectivity index (χ2v) is 5.73. The normalized spacial score (nSPS) is 33.8. The molecule has 2 rings (SSSR count). The van der Waals surface area contributed by atoms with Crippen molar-refractivity contribution in [2.45, 2.75) is 46.5 Å². The maximum Gasteiger partial charge on any atom is 0.330 e. The first-order valence-electron chi connectivity index (χ1n) is 7.16. The number of esters is 1. The van der Waals surface area contributed by atoms with Crippen LogP contribution in [-0.2, 0) is 9.53 Å². The topological polar surface area (TPSA) is 26.3 Å². The Bertz CT molecular complexity index is 379. The number of carbonyl (C=O) groups excluding carboxylic acids is 1. The Morgan fingerprint density at radius 3 is 2.94 bits per heavy atom. The van der Waals surface area contributed by atoms with Gasteiger partial charge in [-0.25, -0.2) is 4.79 Å². The zero-order valence-electron chi connectivity index (χ0n) is 11.7. The number of fused-ring (bicyclic) bond motifs is 1. The SMILES string of the molecule is CCOC(=O)/C=C1\CC[C@H](C)[C@H]2CCC(C)=C[C@@H]12. The fourth-order valence-corrected chi connectivity index (χ4v) is 3.39. The van der Waals surface area contributed by atoms with Gasteiger partial charge in [-0.05, 0) is 51.4 Å². The minimum atomic E-state index is -0.169. The summed E-state index contributed by atoms with van der Waals surface area (Å²) in [4.78, 5) is 11.6. The van der Waals surface area contributed by atoms with Gasteiger partial charge in [0.25, 0.3) is 0 Å². The summed E-state index contributed by atoms with van der Waals surface area (Å²) in [6, 6.07) is 0. The molecule has 0 unspecified atom stereocenters.